The minimum Gasteiger partial charge on any atom is -0.481 e. The van der Waals surface area contributed by atoms with E-state index in [0.29, 0.717) is 32.6 Å². The Labute approximate surface area is 137 Å². The van der Waals surface area contributed by atoms with Gasteiger partial charge in [-0.25, -0.2) is 8.42 Å². The van der Waals surface area contributed by atoms with E-state index in [9.17, 15) is 18.0 Å². The highest BCUT2D eigenvalue weighted by Gasteiger charge is 2.38. The van der Waals surface area contributed by atoms with Gasteiger partial charge in [0, 0.05) is 26.3 Å². The number of aliphatic carboxylic acids is 1. The lowest BCUT2D eigenvalue weighted by atomic mass is 10.2. The van der Waals surface area contributed by atoms with Gasteiger partial charge in [-0.1, -0.05) is 13.8 Å². The van der Waals surface area contributed by atoms with Crippen LogP contribution in [0.15, 0.2) is 0 Å². The van der Waals surface area contributed by atoms with Gasteiger partial charge in [0.1, 0.15) is 5.25 Å². The third kappa shape index (κ3) is 5.76. The van der Waals surface area contributed by atoms with Gasteiger partial charge in [0.2, 0.25) is 5.91 Å². The number of hydrogen-bond acceptors (Lipinski definition) is 5. The molecule has 134 valence electrons. The Morgan fingerprint density at radius 3 is 2.26 bits per heavy atom. The van der Waals surface area contributed by atoms with E-state index in [4.69, 9.17) is 9.84 Å². The van der Waals surface area contributed by atoms with Crippen LogP contribution in [0.1, 0.15) is 40.0 Å². The average molecular weight is 349 g/mol. The molecular weight excluding hydrogens is 322 g/mol. The molecule has 0 bridgehead atoms. The molecule has 0 saturated carbocycles. The maximum absolute atomic E-state index is 12.6. The molecule has 1 saturated heterocycles. The van der Waals surface area contributed by atoms with E-state index in [-0.39, 0.29) is 18.9 Å². The standard InChI is InChI=1S/C15H27NO6S/c1-11(2)10-16(7-4-14(17)18)15(19)12(3)23(20,21)13-5-8-22-9-6-13/h11-13H,4-10H2,1-3H3,(H,17,18). The van der Waals surface area contributed by atoms with Crippen LogP contribution in [0, 0.1) is 5.92 Å². The van der Waals surface area contributed by atoms with Crippen LogP contribution in [0.4, 0.5) is 0 Å². The van der Waals surface area contributed by atoms with Gasteiger partial charge in [0.05, 0.1) is 11.7 Å². The van der Waals surface area contributed by atoms with Gasteiger partial charge in [-0.3, -0.25) is 9.59 Å². The first-order valence-electron chi connectivity index (χ1n) is 7.97. The van der Waals surface area contributed by atoms with Crippen LogP contribution in [-0.2, 0) is 24.2 Å². The SMILES string of the molecule is CC(C)CN(CCC(=O)O)C(=O)C(C)S(=O)(=O)C1CCOCC1. The summed E-state index contributed by atoms with van der Waals surface area (Å²) in [6.45, 7) is 6.36. The number of carbonyl (C=O) groups excluding carboxylic acids is 1. The highest BCUT2D eigenvalue weighted by Crippen LogP contribution is 2.21. The summed E-state index contributed by atoms with van der Waals surface area (Å²) < 4.78 is 30.4. The van der Waals surface area contributed by atoms with Crippen LogP contribution in [0.25, 0.3) is 0 Å². The molecule has 1 N–H and O–H groups in total. The molecule has 0 aromatic rings. The fourth-order valence-corrected chi connectivity index (χ4v) is 4.51. The summed E-state index contributed by atoms with van der Waals surface area (Å²) in [6, 6.07) is 0. The van der Waals surface area contributed by atoms with Gasteiger partial charge in [0.25, 0.3) is 0 Å². The quantitative estimate of drug-likeness (QED) is 0.699. The highest BCUT2D eigenvalue weighted by atomic mass is 32.2. The van der Waals surface area contributed by atoms with Gasteiger partial charge in [-0.15, -0.1) is 0 Å². The van der Waals surface area contributed by atoms with Crippen LogP contribution < -0.4 is 0 Å². The molecular formula is C15H27NO6S. The Balaban J connectivity index is 2.85. The molecule has 1 heterocycles. The fourth-order valence-electron chi connectivity index (χ4n) is 2.65. The molecule has 0 radical (unpaired) electrons. The highest BCUT2D eigenvalue weighted by molar-refractivity contribution is 7.93. The molecule has 1 aliphatic heterocycles. The number of carboxylic acids is 1. The second-order valence-electron chi connectivity index (χ2n) is 6.36. The molecule has 0 spiro atoms. The second kappa shape index (κ2) is 8.63. The molecule has 0 aliphatic carbocycles. The van der Waals surface area contributed by atoms with Crippen molar-refractivity contribution in [2.24, 2.45) is 5.92 Å². The monoisotopic (exact) mass is 349 g/mol. The van der Waals surface area contributed by atoms with Crippen LogP contribution in [0.2, 0.25) is 0 Å². The molecule has 1 unspecified atom stereocenters. The lowest BCUT2D eigenvalue weighted by Crippen LogP contribution is -2.47. The van der Waals surface area contributed by atoms with Crippen molar-refractivity contribution in [1.29, 1.82) is 0 Å². The molecule has 8 heteroatoms. The molecule has 1 atom stereocenters. The maximum atomic E-state index is 12.6. The molecule has 7 nitrogen and oxygen atoms in total. The predicted octanol–water partition coefficient (Wildman–Crippen LogP) is 0.928. The summed E-state index contributed by atoms with van der Waals surface area (Å²) in [5.74, 6) is -1.39. The minimum absolute atomic E-state index is 0.0278. The topological polar surface area (TPSA) is 101 Å². The fraction of sp³-hybridized carbons (Fsp3) is 0.867. The largest absolute Gasteiger partial charge is 0.481 e. The number of amides is 1. The van der Waals surface area contributed by atoms with Gasteiger partial charge in [-0.05, 0) is 25.7 Å². The summed E-state index contributed by atoms with van der Waals surface area (Å²) in [5, 5.41) is 7.10. The van der Waals surface area contributed by atoms with Crippen molar-refractivity contribution < 1.29 is 27.9 Å². The first kappa shape index (κ1) is 19.9. The number of ether oxygens (including phenoxy) is 1. The molecule has 1 fully saturated rings. The average Bonchev–Trinajstić information content (AvgIpc) is 2.50. The van der Waals surface area contributed by atoms with Crippen LogP contribution >= 0.6 is 0 Å². The number of nitrogens with zero attached hydrogens (tertiary/aromatic N) is 1. The minimum atomic E-state index is -3.60. The Morgan fingerprint density at radius 2 is 1.78 bits per heavy atom. The molecule has 1 amide bonds. The van der Waals surface area contributed by atoms with Gasteiger partial charge >= 0.3 is 5.97 Å². The van der Waals surface area contributed by atoms with Crippen molar-refractivity contribution >= 4 is 21.7 Å². The van der Waals surface area contributed by atoms with E-state index >= 15 is 0 Å². The Kier molecular flexibility index (Phi) is 7.47. The Morgan fingerprint density at radius 1 is 1.22 bits per heavy atom. The molecule has 23 heavy (non-hydrogen) atoms. The van der Waals surface area contributed by atoms with Crippen molar-refractivity contribution in [3.63, 3.8) is 0 Å². The summed E-state index contributed by atoms with van der Waals surface area (Å²) >= 11 is 0. The number of hydrogen-bond donors (Lipinski definition) is 1. The number of carbonyl (C=O) groups is 2. The van der Waals surface area contributed by atoms with Crippen LogP contribution in [0.3, 0.4) is 0 Å². The normalized spacial score (nSPS) is 17.9. The zero-order chi connectivity index (χ0) is 17.6. The number of rotatable bonds is 8. The molecule has 0 aromatic carbocycles. The molecule has 0 aromatic heterocycles. The maximum Gasteiger partial charge on any atom is 0.305 e. The lowest BCUT2D eigenvalue weighted by molar-refractivity contribution is -0.138. The van der Waals surface area contributed by atoms with Crippen molar-refractivity contribution in [2.75, 3.05) is 26.3 Å². The smallest absolute Gasteiger partial charge is 0.305 e. The van der Waals surface area contributed by atoms with Gasteiger partial charge < -0.3 is 14.7 Å². The van der Waals surface area contributed by atoms with E-state index in [2.05, 4.69) is 0 Å². The summed E-state index contributed by atoms with van der Waals surface area (Å²) in [5.41, 5.74) is 0. The van der Waals surface area contributed by atoms with E-state index < -0.39 is 32.2 Å². The number of sulfone groups is 1. The Bertz CT molecular complexity index is 510. The molecule has 1 aliphatic rings. The third-order valence-corrected chi connectivity index (χ3v) is 6.55. The first-order valence-corrected chi connectivity index (χ1v) is 9.58. The van der Waals surface area contributed by atoms with Crippen molar-refractivity contribution in [3.05, 3.63) is 0 Å². The first-order chi connectivity index (χ1) is 10.7. The van der Waals surface area contributed by atoms with E-state index in [1.807, 2.05) is 13.8 Å². The predicted molar refractivity (Wildman–Crippen MR) is 85.9 cm³/mol. The van der Waals surface area contributed by atoms with Crippen molar-refractivity contribution in [3.8, 4) is 0 Å². The van der Waals surface area contributed by atoms with Gasteiger partial charge in [0.15, 0.2) is 9.84 Å². The number of carboxylic acid groups (broad SMARTS) is 1. The third-order valence-electron chi connectivity index (χ3n) is 3.97. The zero-order valence-electron chi connectivity index (χ0n) is 14.0. The zero-order valence-corrected chi connectivity index (χ0v) is 14.8. The summed E-state index contributed by atoms with van der Waals surface area (Å²) in [6.07, 6.45) is 0.612. The summed E-state index contributed by atoms with van der Waals surface area (Å²) in [4.78, 5) is 24.7. The lowest BCUT2D eigenvalue weighted by Gasteiger charge is -2.30. The van der Waals surface area contributed by atoms with Crippen molar-refractivity contribution in [2.45, 2.75) is 50.5 Å². The Hall–Kier alpha value is -1.15. The molecule has 1 rings (SSSR count). The van der Waals surface area contributed by atoms with Gasteiger partial charge in [-0.2, -0.15) is 0 Å². The second-order valence-corrected chi connectivity index (χ2v) is 8.92. The van der Waals surface area contributed by atoms with E-state index in [1.54, 1.807) is 0 Å². The van der Waals surface area contributed by atoms with Crippen LogP contribution in [0.5, 0.6) is 0 Å². The van der Waals surface area contributed by atoms with E-state index in [0.717, 1.165) is 0 Å². The summed E-state index contributed by atoms with van der Waals surface area (Å²) in [7, 11) is -3.60. The van der Waals surface area contributed by atoms with E-state index in [1.165, 1.54) is 11.8 Å². The van der Waals surface area contributed by atoms with Crippen molar-refractivity contribution in [1.82, 2.24) is 4.90 Å². The van der Waals surface area contributed by atoms with Crippen LogP contribution in [-0.4, -0.2) is 67.1 Å².